The number of carbonyl (C=O) groups is 1. The van der Waals surface area contributed by atoms with Crippen LogP contribution in [0.2, 0.25) is 0 Å². The number of benzene rings is 1. The minimum atomic E-state index is -0.696. The molecule has 1 aromatic carbocycles. The van der Waals surface area contributed by atoms with Crippen LogP contribution >= 0.6 is 11.3 Å². The van der Waals surface area contributed by atoms with Crippen LogP contribution < -0.4 is 5.56 Å². The first-order chi connectivity index (χ1) is 13.5. The molecule has 0 spiro atoms. The van der Waals surface area contributed by atoms with Crippen LogP contribution in [0.4, 0.5) is 0 Å². The van der Waals surface area contributed by atoms with Gasteiger partial charge in [-0.05, 0) is 61.9 Å². The number of hydrogen-bond donors (Lipinski definition) is 1. The fourth-order valence-electron chi connectivity index (χ4n) is 3.52. The number of nitriles is 1. The summed E-state index contributed by atoms with van der Waals surface area (Å²) in [5.41, 5.74) is 1.76. The smallest absolute Gasteiger partial charge is 0.338 e. The van der Waals surface area contributed by atoms with Crippen LogP contribution in [0.3, 0.4) is 0 Å². The largest absolute Gasteiger partial charge is 0.451 e. The number of aromatic amines is 1. The van der Waals surface area contributed by atoms with Gasteiger partial charge in [-0.25, -0.2) is 9.78 Å². The highest BCUT2D eigenvalue weighted by Gasteiger charge is 2.24. The zero-order valence-corrected chi connectivity index (χ0v) is 16.4. The Kier molecular flexibility index (Phi) is 4.73. The van der Waals surface area contributed by atoms with Crippen LogP contribution in [0.1, 0.15) is 58.6 Å². The van der Waals surface area contributed by atoms with E-state index >= 15 is 0 Å². The topological polar surface area (TPSA) is 95.8 Å². The van der Waals surface area contributed by atoms with E-state index in [4.69, 9.17) is 10.00 Å². The van der Waals surface area contributed by atoms with Gasteiger partial charge in [0.2, 0.25) is 0 Å². The quantitative estimate of drug-likeness (QED) is 0.681. The summed E-state index contributed by atoms with van der Waals surface area (Å²) >= 11 is 1.57. The maximum absolute atomic E-state index is 12.7. The Labute approximate surface area is 165 Å². The van der Waals surface area contributed by atoms with Gasteiger partial charge in [0.05, 0.1) is 22.6 Å². The number of aryl methyl sites for hydroxylation is 1. The molecule has 1 aliphatic rings. The van der Waals surface area contributed by atoms with Crippen molar-refractivity contribution in [2.45, 2.75) is 39.2 Å². The van der Waals surface area contributed by atoms with Crippen molar-refractivity contribution < 1.29 is 9.53 Å². The molecule has 2 heterocycles. The molecular formula is C21H19N3O3S. The van der Waals surface area contributed by atoms with E-state index in [2.05, 4.69) is 16.9 Å². The number of nitrogens with zero attached hydrogens (tertiary/aromatic N) is 2. The minimum absolute atomic E-state index is 0.173. The van der Waals surface area contributed by atoms with E-state index < -0.39 is 12.1 Å². The predicted molar refractivity (Wildman–Crippen MR) is 106 cm³/mol. The van der Waals surface area contributed by atoms with Crippen molar-refractivity contribution in [3.8, 4) is 6.07 Å². The molecule has 0 unspecified atom stereocenters. The molecule has 0 bridgehead atoms. The molecule has 2 atom stereocenters. The van der Waals surface area contributed by atoms with Gasteiger partial charge in [0.15, 0.2) is 11.9 Å². The van der Waals surface area contributed by atoms with Gasteiger partial charge in [-0.15, -0.1) is 11.3 Å². The Hall–Kier alpha value is -2.98. The molecule has 1 N–H and O–H groups in total. The van der Waals surface area contributed by atoms with Crippen molar-refractivity contribution in [2.75, 3.05) is 0 Å². The second-order valence-corrected chi connectivity index (χ2v) is 8.30. The van der Waals surface area contributed by atoms with E-state index in [1.165, 1.54) is 4.88 Å². The molecule has 0 fully saturated rings. The molecule has 0 aliphatic heterocycles. The molecule has 0 amide bonds. The molecule has 4 rings (SSSR count). The summed E-state index contributed by atoms with van der Waals surface area (Å²) in [6.07, 6.45) is 2.27. The summed E-state index contributed by atoms with van der Waals surface area (Å²) < 4.78 is 5.47. The van der Waals surface area contributed by atoms with Crippen molar-refractivity contribution in [1.29, 1.82) is 5.26 Å². The second-order valence-electron chi connectivity index (χ2n) is 7.22. The lowest BCUT2D eigenvalue weighted by atomic mass is 9.89. The highest BCUT2D eigenvalue weighted by Crippen LogP contribution is 2.36. The molecule has 0 saturated heterocycles. The summed E-state index contributed by atoms with van der Waals surface area (Å²) in [7, 11) is 0. The monoisotopic (exact) mass is 393 g/mol. The summed E-state index contributed by atoms with van der Waals surface area (Å²) in [5, 5.41) is 9.52. The minimum Gasteiger partial charge on any atom is -0.451 e. The van der Waals surface area contributed by atoms with E-state index in [0.717, 1.165) is 24.8 Å². The van der Waals surface area contributed by atoms with Crippen molar-refractivity contribution in [1.82, 2.24) is 9.97 Å². The first-order valence-corrected chi connectivity index (χ1v) is 10.0. The molecule has 7 heteroatoms. The number of aromatic nitrogens is 2. The fourth-order valence-corrected chi connectivity index (χ4v) is 4.91. The standard InChI is InChI=1S/C21H19N3O3S/c1-11-3-8-15-16(9-11)28-20-17(15)19(25)23-18(24-20)12(2)27-21(26)14-6-4-13(10-22)5-7-14/h4-7,11-12H,3,8-9H2,1-2H3,(H,23,24,25)/t11-,12-/m1/s1. The lowest BCUT2D eigenvalue weighted by molar-refractivity contribution is 0.0320. The van der Waals surface area contributed by atoms with Gasteiger partial charge in [0.25, 0.3) is 5.56 Å². The van der Waals surface area contributed by atoms with Crippen LogP contribution in [0, 0.1) is 17.2 Å². The summed E-state index contributed by atoms with van der Waals surface area (Å²) in [6.45, 7) is 3.91. The first kappa shape index (κ1) is 18.4. The van der Waals surface area contributed by atoms with Crippen LogP contribution in [-0.4, -0.2) is 15.9 Å². The van der Waals surface area contributed by atoms with E-state index in [1.54, 1.807) is 42.5 Å². The molecule has 28 heavy (non-hydrogen) atoms. The number of hydrogen-bond acceptors (Lipinski definition) is 6. The van der Waals surface area contributed by atoms with E-state index in [1.807, 2.05) is 6.07 Å². The highest BCUT2D eigenvalue weighted by molar-refractivity contribution is 7.18. The van der Waals surface area contributed by atoms with Crippen LogP contribution in [0.15, 0.2) is 29.1 Å². The van der Waals surface area contributed by atoms with E-state index in [0.29, 0.717) is 33.1 Å². The second kappa shape index (κ2) is 7.21. The summed E-state index contributed by atoms with van der Waals surface area (Å²) in [4.78, 5) is 34.4. The van der Waals surface area contributed by atoms with Gasteiger partial charge in [0, 0.05) is 4.88 Å². The third-order valence-corrected chi connectivity index (χ3v) is 6.25. The molecule has 6 nitrogen and oxygen atoms in total. The highest BCUT2D eigenvalue weighted by atomic mass is 32.1. The van der Waals surface area contributed by atoms with Crippen molar-refractivity contribution >= 4 is 27.5 Å². The van der Waals surface area contributed by atoms with E-state index in [-0.39, 0.29) is 5.56 Å². The molecule has 2 aromatic heterocycles. The number of nitrogens with one attached hydrogen (secondary N) is 1. The average Bonchev–Trinajstić information content (AvgIpc) is 3.05. The molecule has 0 radical (unpaired) electrons. The number of carbonyl (C=O) groups excluding carboxylic acids is 1. The Morgan fingerprint density at radius 2 is 2.14 bits per heavy atom. The lowest BCUT2D eigenvalue weighted by Crippen LogP contribution is -2.18. The molecule has 1 aliphatic carbocycles. The molecule has 0 saturated carbocycles. The number of thiophene rings is 1. The van der Waals surface area contributed by atoms with Crippen LogP contribution in [0.25, 0.3) is 10.2 Å². The number of H-pyrrole nitrogens is 1. The third-order valence-electron chi connectivity index (χ3n) is 5.10. The Bertz CT molecular complexity index is 1150. The Morgan fingerprint density at radius 1 is 1.39 bits per heavy atom. The fraction of sp³-hybridized carbons (Fsp3) is 0.333. The normalized spacial score (nSPS) is 17.0. The van der Waals surface area contributed by atoms with Gasteiger partial charge in [0.1, 0.15) is 4.83 Å². The Balaban J connectivity index is 1.60. The van der Waals surface area contributed by atoms with Crippen LogP contribution in [-0.2, 0) is 17.6 Å². The van der Waals surface area contributed by atoms with Crippen LogP contribution in [0.5, 0.6) is 0 Å². The molecule has 3 aromatic rings. The van der Waals surface area contributed by atoms with Gasteiger partial charge < -0.3 is 9.72 Å². The zero-order chi connectivity index (χ0) is 19.8. The number of rotatable bonds is 3. The Morgan fingerprint density at radius 3 is 2.86 bits per heavy atom. The maximum atomic E-state index is 12.7. The number of esters is 1. The van der Waals surface area contributed by atoms with Crippen molar-refractivity contribution in [3.05, 3.63) is 62.0 Å². The van der Waals surface area contributed by atoms with Gasteiger partial charge in [-0.2, -0.15) is 5.26 Å². The van der Waals surface area contributed by atoms with Gasteiger partial charge in [-0.3, -0.25) is 4.79 Å². The number of ether oxygens (including phenoxy) is 1. The number of fused-ring (bicyclic) bond motifs is 3. The van der Waals surface area contributed by atoms with E-state index in [9.17, 15) is 9.59 Å². The molecular weight excluding hydrogens is 374 g/mol. The SMILES string of the molecule is C[C@@H]1CCc2c(sc3nc([C@@H](C)OC(=O)c4ccc(C#N)cc4)[nH]c(=O)c23)C1. The van der Waals surface area contributed by atoms with Crippen molar-refractivity contribution in [2.24, 2.45) is 5.92 Å². The van der Waals surface area contributed by atoms with Crippen molar-refractivity contribution in [3.63, 3.8) is 0 Å². The summed E-state index contributed by atoms with van der Waals surface area (Å²) in [5.74, 6) is 0.427. The maximum Gasteiger partial charge on any atom is 0.338 e. The van der Waals surface area contributed by atoms with Gasteiger partial charge in [-0.1, -0.05) is 6.92 Å². The molecule has 142 valence electrons. The zero-order valence-electron chi connectivity index (χ0n) is 15.6. The summed E-state index contributed by atoms with van der Waals surface area (Å²) in [6, 6.07) is 8.21. The average molecular weight is 393 g/mol. The van der Waals surface area contributed by atoms with Gasteiger partial charge >= 0.3 is 5.97 Å². The predicted octanol–water partition coefficient (Wildman–Crippen LogP) is 3.90. The first-order valence-electron chi connectivity index (χ1n) is 9.22. The lowest BCUT2D eigenvalue weighted by Gasteiger charge is -2.17. The third kappa shape index (κ3) is 3.32.